The average Bonchev–Trinajstić information content (AvgIpc) is 2.23. The maximum Gasteiger partial charge on any atom is 0.180 e. The van der Waals surface area contributed by atoms with Crippen molar-refractivity contribution < 1.29 is 4.42 Å². The van der Waals surface area contributed by atoms with Crippen molar-refractivity contribution in [1.29, 1.82) is 5.26 Å². The summed E-state index contributed by atoms with van der Waals surface area (Å²) in [6, 6.07) is 0. The maximum atomic E-state index is 6.25. The normalized spacial score (nSPS) is 6.00. The van der Waals surface area contributed by atoms with Crippen LogP contribution in [0.3, 0.4) is 0 Å². The van der Waals surface area contributed by atoms with Gasteiger partial charge < -0.3 is 16.3 Å². The lowest BCUT2D eigenvalue weighted by atomic mass is 11.0. The average molecular weight is 95.1 g/mol. The Bertz CT molecular complexity index is 93.3. The number of rotatable bonds is 0. The van der Waals surface area contributed by atoms with Gasteiger partial charge in [-0.15, -0.1) is 0 Å². The molecule has 3 heteroatoms. The highest BCUT2D eigenvalue weighted by atomic mass is 16.3. The second-order valence-corrected chi connectivity index (χ2v) is 0.676. The molecule has 0 unspecified atom stereocenters. The van der Waals surface area contributed by atoms with Gasteiger partial charge in [0.1, 0.15) is 6.26 Å². The smallest absolute Gasteiger partial charge is 0.180 e. The van der Waals surface area contributed by atoms with E-state index in [2.05, 4.69) is 9.40 Å². The van der Waals surface area contributed by atoms with Crippen molar-refractivity contribution in [1.82, 2.24) is 4.98 Å². The number of hydrogen-bond acceptors (Lipinski definition) is 3. The third-order valence-corrected chi connectivity index (χ3v) is 0.347. The monoisotopic (exact) mass is 95.0 g/mol. The maximum absolute atomic E-state index is 6.25. The Kier molecular flexibility index (Phi) is 3.83. The lowest BCUT2D eigenvalue weighted by Crippen LogP contribution is -1.38. The van der Waals surface area contributed by atoms with Crippen LogP contribution in [0.15, 0.2) is 23.3 Å². The zero-order chi connectivity index (χ0) is 5.54. The molecule has 0 aromatic carbocycles. The lowest BCUT2D eigenvalue weighted by Gasteiger charge is -1.47. The molecular weight excluding hydrogens is 92.1 g/mol. The van der Waals surface area contributed by atoms with E-state index in [9.17, 15) is 0 Å². The summed E-state index contributed by atoms with van der Waals surface area (Å²) < 4.78 is 4.47. The van der Waals surface area contributed by atoms with Crippen molar-refractivity contribution in [3.63, 3.8) is 0 Å². The summed E-state index contributed by atoms with van der Waals surface area (Å²) in [7, 11) is 0. The quantitative estimate of drug-likeness (QED) is 0.447. The molecule has 0 atom stereocenters. The fourth-order valence-corrected chi connectivity index (χ4v) is 0.176. The summed E-state index contributed by atoms with van der Waals surface area (Å²) in [6.45, 7) is 4.75. The minimum Gasteiger partial charge on any atom is -0.512 e. The molecule has 0 radical (unpaired) electrons. The fourth-order valence-electron chi connectivity index (χ4n) is 0.176. The number of oxazole rings is 1. The van der Waals surface area contributed by atoms with E-state index in [1.807, 2.05) is 0 Å². The van der Waals surface area contributed by atoms with Crippen molar-refractivity contribution in [3.8, 4) is 0 Å². The van der Waals surface area contributed by atoms with Gasteiger partial charge in [-0.1, -0.05) is 0 Å². The van der Waals surface area contributed by atoms with Crippen LogP contribution in [0.5, 0.6) is 0 Å². The third-order valence-electron chi connectivity index (χ3n) is 0.347. The Morgan fingerprint density at radius 1 is 1.57 bits per heavy atom. The second kappa shape index (κ2) is 4.70. The topological polar surface area (TPSA) is 49.8 Å². The van der Waals surface area contributed by atoms with Crippen molar-refractivity contribution in [2.24, 2.45) is 0 Å². The van der Waals surface area contributed by atoms with E-state index in [4.69, 9.17) is 11.8 Å². The van der Waals surface area contributed by atoms with Crippen LogP contribution in [-0.2, 0) is 0 Å². The summed E-state index contributed by atoms with van der Waals surface area (Å²) >= 11 is 0. The first-order valence-electron chi connectivity index (χ1n) is 1.54. The van der Waals surface area contributed by atoms with Gasteiger partial charge in [-0.2, -0.15) is 0 Å². The summed E-state index contributed by atoms with van der Waals surface area (Å²) in [5.41, 5.74) is 0. The molecule has 0 fully saturated rings. The molecule has 0 aliphatic heterocycles. The molecule has 0 saturated carbocycles. The molecule has 7 heavy (non-hydrogen) atoms. The first kappa shape index (κ1) is 5.70. The Morgan fingerprint density at radius 3 is 2.43 bits per heavy atom. The Hall–Kier alpha value is -1.30. The Morgan fingerprint density at radius 2 is 2.29 bits per heavy atom. The number of nitrogens with zero attached hydrogens (tertiary/aromatic N) is 2. The fraction of sp³-hybridized carbons (Fsp3) is 0. The van der Waals surface area contributed by atoms with Gasteiger partial charge in [0.25, 0.3) is 0 Å². The van der Waals surface area contributed by atoms with Crippen LogP contribution in [0.2, 0.25) is 0 Å². The van der Waals surface area contributed by atoms with Gasteiger partial charge in [-0.3, -0.25) is 0 Å². The van der Waals surface area contributed by atoms with Crippen LogP contribution in [0.1, 0.15) is 0 Å². The van der Waals surface area contributed by atoms with E-state index >= 15 is 0 Å². The zero-order valence-electron chi connectivity index (χ0n) is 3.53. The highest BCUT2D eigenvalue weighted by molar-refractivity contribution is 4.56. The Balaban J connectivity index is 0.000000162. The lowest BCUT2D eigenvalue weighted by molar-refractivity contribution is 0.558. The predicted molar refractivity (Wildman–Crippen MR) is 21.5 cm³/mol. The van der Waals surface area contributed by atoms with Crippen molar-refractivity contribution in [3.05, 3.63) is 25.4 Å². The molecule has 3 nitrogen and oxygen atoms in total. The molecule has 1 heterocycles. The van der Waals surface area contributed by atoms with Crippen LogP contribution in [-0.4, -0.2) is 4.98 Å². The van der Waals surface area contributed by atoms with Gasteiger partial charge in [0.2, 0.25) is 0 Å². The number of hydrogen-bond donors (Lipinski definition) is 0. The molecule has 1 aromatic heterocycles. The van der Waals surface area contributed by atoms with Crippen molar-refractivity contribution in [2.45, 2.75) is 0 Å². The molecule has 1 aromatic rings. The van der Waals surface area contributed by atoms with E-state index in [-0.39, 0.29) is 0 Å². The van der Waals surface area contributed by atoms with Crippen LogP contribution in [0.25, 0.3) is 0 Å². The summed E-state index contributed by atoms with van der Waals surface area (Å²) in [5.74, 6) is 0. The van der Waals surface area contributed by atoms with Crippen molar-refractivity contribution >= 4 is 0 Å². The van der Waals surface area contributed by atoms with E-state index in [0.717, 1.165) is 0 Å². The van der Waals surface area contributed by atoms with Gasteiger partial charge >= 0.3 is 0 Å². The summed E-state index contributed by atoms with van der Waals surface area (Å²) in [5, 5.41) is 6.25. The SMILES string of the molecule is [C-]#N.c1cocn1. The van der Waals surface area contributed by atoms with Gasteiger partial charge in [-0.05, 0) is 0 Å². The first-order chi connectivity index (χ1) is 3.50. The molecule has 0 amide bonds. The van der Waals surface area contributed by atoms with Crippen LogP contribution < -0.4 is 0 Å². The molecule has 0 N–H and O–H groups in total. The molecule has 0 spiro atoms. The molecule has 0 bridgehead atoms. The first-order valence-corrected chi connectivity index (χ1v) is 1.54. The van der Waals surface area contributed by atoms with Crippen LogP contribution >= 0.6 is 0 Å². The number of aromatic nitrogens is 1. The minimum absolute atomic E-state index is 1.38. The highest BCUT2D eigenvalue weighted by Crippen LogP contribution is 1.72. The zero-order valence-corrected chi connectivity index (χ0v) is 3.53. The predicted octanol–water partition coefficient (Wildman–Crippen LogP) is 0.771. The molecule has 0 saturated heterocycles. The summed E-state index contributed by atoms with van der Waals surface area (Å²) in [6.07, 6.45) is 4.47. The van der Waals surface area contributed by atoms with Gasteiger partial charge in [0.05, 0.1) is 6.20 Å². The highest BCUT2D eigenvalue weighted by Gasteiger charge is 1.59. The molecule has 36 valence electrons. The third kappa shape index (κ3) is 2.50. The minimum atomic E-state index is 1.38. The molecule has 0 aliphatic carbocycles. The van der Waals surface area contributed by atoms with E-state index in [1.54, 1.807) is 6.20 Å². The van der Waals surface area contributed by atoms with Crippen LogP contribution in [0.4, 0.5) is 0 Å². The molecular formula is C4H3N2O-. The van der Waals surface area contributed by atoms with E-state index in [1.165, 1.54) is 12.7 Å². The van der Waals surface area contributed by atoms with Gasteiger partial charge in [0, 0.05) is 0 Å². The van der Waals surface area contributed by atoms with Crippen LogP contribution in [0, 0.1) is 11.8 Å². The largest absolute Gasteiger partial charge is 0.512 e. The molecule has 0 aliphatic rings. The Labute approximate surface area is 41.2 Å². The van der Waals surface area contributed by atoms with Gasteiger partial charge in [0.15, 0.2) is 6.39 Å². The van der Waals surface area contributed by atoms with E-state index in [0.29, 0.717) is 0 Å². The molecule has 1 rings (SSSR count). The van der Waals surface area contributed by atoms with Crippen molar-refractivity contribution in [2.75, 3.05) is 0 Å². The van der Waals surface area contributed by atoms with E-state index < -0.39 is 0 Å². The second-order valence-electron chi connectivity index (χ2n) is 0.676. The summed E-state index contributed by atoms with van der Waals surface area (Å²) in [4.78, 5) is 3.56. The van der Waals surface area contributed by atoms with Gasteiger partial charge in [-0.25, -0.2) is 4.98 Å². The standard InChI is InChI=1S/C3H3NO.CN/c1-2-5-3-4-1;1-2/h1-3H;/q;-1.